The molecule has 0 radical (unpaired) electrons. The number of hydrogen-bond acceptors (Lipinski definition) is 2. The van der Waals surface area contributed by atoms with Crippen LogP contribution in [-0.2, 0) is 13.0 Å². The third kappa shape index (κ3) is 6.77. The van der Waals surface area contributed by atoms with E-state index in [1.165, 1.54) is 25.7 Å². The van der Waals surface area contributed by atoms with Crippen molar-refractivity contribution in [3.8, 4) is 0 Å². The molecule has 104 valence electrons. The van der Waals surface area contributed by atoms with Crippen LogP contribution in [0, 0.1) is 11.3 Å². The molecule has 0 N–H and O–H groups in total. The van der Waals surface area contributed by atoms with Gasteiger partial charge < -0.3 is 0 Å². The molecule has 1 heterocycles. The van der Waals surface area contributed by atoms with E-state index >= 15 is 0 Å². The second-order valence-corrected chi connectivity index (χ2v) is 6.94. The highest BCUT2D eigenvalue weighted by Gasteiger charge is 2.09. The Balaban J connectivity index is 2.17. The summed E-state index contributed by atoms with van der Waals surface area (Å²) >= 11 is 0. The zero-order chi connectivity index (χ0) is 13.6. The van der Waals surface area contributed by atoms with Crippen molar-refractivity contribution in [3.05, 3.63) is 11.9 Å². The van der Waals surface area contributed by atoms with Crippen molar-refractivity contribution in [1.29, 1.82) is 0 Å². The summed E-state index contributed by atoms with van der Waals surface area (Å²) in [5, 5.41) is 8.39. The van der Waals surface area contributed by atoms with Gasteiger partial charge in [0.15, 0.2) is 0 Å². The zero-order valence-electron chi connectivity index (χ0n) is 12.7. The van der Waals surface area contributed by atoms with Gasteiger partial charge in [0.05, 0.1) is 5.69 Å². The van der Waals surface area contributed by atoms with E-state index < -0.39 is 0 Å². The normalized spacial score (nSPS) is 12.3. The fourth-order valence-electron chi connectivity index (χ4n) is 2.07. The van der Waals surface area contributed by atoms with Crippen molar-refractivity contribution in [2.45, 2.75) is 73.3 Å². The molecule has 0 aliphatic heterocycles. The van der Waals surface area contributed by atoms with E-state index in [9.17, 15) is 0 Å². The Morgan fingerprint density at radius 1 is 1.17 bits per heavy atom. The van der Waals surface area contributed by atoms with Crippen LogP contribution < -0.4 is 0 Å². The molecule has 0 spiro atoms. The molecule has 1 aromatic heterocycles. The van der Waals surface area contributed by atoms with Crippen molar-refractivity contribution >= 4 is 0 Å². The molecule has 0 unspecified atom stereocenters. The van der Waals surface area contributed by atoms with Gasteiger partial charge in [-0.3, -0.25) is 4.68 Å². The van der Waals surface area contributed by atoms with Crippen LogP contribution in [0.4, 0.5) is 0 Å². The monoisotopic (exact) mass is 251 g/mol. The number of aryl methyl sites for hydroxylation is 1. The van der Waals surface area contributed by atoms with Crippen LogP contribution in [-0.4, -0.2) is 15.0 Å². The maximum Gasteiger partial charge on any atom is 0.0829 e. The van der Waals surface area contributed by atoms with E-state index in [0.717, 1.165) is 18.7 Å². The summed E-state index contributed by atoms with van der Waals surface area (Å²) < 4.78 is 1.99. The first-order valence-corrected chi connectivity index (χ1v) is 7.26. The van der Waals surface area contributed by atoms with Gasteiger partial charge in [-0.1, -0.05) is 52.7 Å². The van der Waals surface area contributed by atoms with Gasteiger partial charge in [-0.2, -0.15) is 0 Å². The van der Waals surface area contributed by atoms with Gasteiger partial charge in [0.25, 0.3) is 0 Å². The van der Waals surface area contributed by atoms with Crippen LogP contribution in [0.3, 0.4) is 0 Å². The molecule has 3 heteroatoms. The Kier molecular flexibility index (Phi) is 5.83. The van der Waals surface area contributed by atoms with Gasteiger partial charge in [0.2, 0.25) is 0 Å². The minimum absolute atomic E-state index is 0.470. The second-order valence-electron chi connectivity index (χ2n) is 6.94. The summed E-state index contributed by atoms with van der Waals surface area (Å²) in [5.74, 6) is 0.655. The molecular formula is C15H29N3. The van der Waals surface area contributed by atoms with Crippen LogP contribution in [0.2, 0.25) is 0 Å². The van der Waals surface area contributed by atoms with Crippen molar-refractivity contribution in [3.63, 3.8) is 0 Å². The highest BCUT2D eigenvalue weighted by atomic mass is 15.4. The predicted molar refractivity (Wildman–Crippen MR) is 76.5 cm³/mol. The average molecular weight is 251 g/mol. The van der Waals surface area contributed by atoms with E-state index in [0.29, 0.717) is 11.3 Å². The molecular weight excluding hydrogens is 222 g/mol. The van der Waals surface area contributed by atoms with Crippen LogP contribution in [0.15, 0.2) is 6.20 Å². The van der Waals surface area contributed by atoms with Crippen molar-refractivity contribution in [1.82, 2.24) is 15.0 Å². The quantitative estimate of drug-likeness (QED) is 0.684. The maximum atomic E-state index is 4.21. The van der Waals surface area contributed by atoms with Gasteiger partial charge in [-0.15, -0.1) is 5.10 Å². The largest absolute Gasteiger partial charge is 0.252 e. The Labute approximate surface area is 112 Å². The molecule has 18 heavy (non-hydrogen) atoms. The number of rotatable bonds is 7. The van der Waals surface area contributed by atoms with E-state index in [4.69, 9.17) is 0 Å². The summed E-state index contributed by atoms with van der Waals surface area (Å²) in [5.41, 5.74) is 1.59. The minimum atomic E-state index is 0.470. The van der Waals surface area contributed by atoms with Crippen molar-refractivity contribution in [2.24, 2.45) is 11.3 Å². The van der Waals surface area contributed by atoms with E-state index in [2.05, 4.69) is 51.1 Å². The Hall–Kier alpha value is -0.860. The third-order valence-corrected chi connectivity index (χ3v) is 3.02. The molecule has 1 rings (SSSR count). The molecule has 0 amide bonds. The maximum absolute atomic E-state index is 4.21. The predicted octanol–water partition coefficient (Wildman–Crippen LogP) is 4.08. The van der Waals surface area contributed by atoms with Gasteiger partial charge in [-0.05, 0) is 30.6 Å². The molecule has 3 nitrogen and oxygen atoms in total. The van der Waals surface area contributed by atoms with Crippen LogP contribution >= 0.6 is 0 Å². The first-order chi connectivity index (χ1) is 8.37. The summed E-state index contributed by atoms with van der Waals surface area (Å²) in [7, 11) is 0. The lowest BCUT2D eigenvalue weighted by molar-refractivity contribution is 0.354. The van der Waals surface area contributed by atoms with E-state index in [1.807, 2.05) is 4.68 Å². The molecule has 0 bridgehead atoms. The molecule has 0 aromatic carbocycles. The highest BCUT2D eigenvalue weighted by Crippen LogP contribution is 2.22. The Morgan fingerprint density at radius 2 is 1.89 bits per heavy atom. The lowest BCUT2D eigenvalue weighted by Gasteiger charge is -2.17. The smallest absolute Gasteiger partial charge is 0.0829 e. The average Bonchev–Trinajstić information content (AvgIpc) is 2.62. The van der Waals surface area contributed by atoms with Gasteiger partial charge in [0.1, 0.15) is 0 Å². The van der Waals surface area contributed by atoms with Crippen molar-refractivity contribution in [2.75, 3.05) is 0 Å². The van der Waals surface area contributed by atoms with E-state index in [1.54, 1.807) is 0 Å². The fraction of sp³-hybridized carbons (Fsp3) is 0.867. The van der Waals surface area contributed by atoms with Gasteiger partial charge >= 0.3 is 0 Å². The number of unbranched alkanes of at least 4 members (excludes halogenated alkanes) is 2. The van der Waals surface area contributed by atoms with Gasteiger partial charge in [0, 0.05) is 12.7 Å². The first-order valence-electron chi connectivity index (χ1n) is 7.26. The highest BCUT2D eigenvalue weighted by molar-refractivity contribution is 4.92. The molecule has 0 atom stereocenters. The van der Waals surface area contributed by atoms with E-state index in [-0.39, 0.29) is 0 Å². The van der Waals surface area contributed by atoms with Crippen LogP contribution in [0.5, 0.6) is 0 Å². The molecule has 0 saturated heterocycles. The minimum Gasteiger partial charge on any atom is -0.252 e. The topological polar surface area (TPSA) is 30.7 Å². The lowest BCUT2D eigenvalue weighted by atomic mass is 9.89. The standard InChI is InChI=1S/C15H29N3/c1-13(2)11-14-12-18(17-16-14)10-8-6-7-9-15(3,4)5/h12-13H,6-11H2,1-5H3. The summed E-state index contributed by atoms with van der Waals surface area (Å²) in [6, 6.07) is 0. The summed E-state index contributed by atoms with van der Waals surface area (Å²) in [4.78, 5) is 0. The molecule has 0 aliphatic rings. The Bertz CT molecular complexity index is 334. The van der Waals surface area contributed by atoms with Crippen molar-refractivity contribution < 1.29 is 0 Å². The SMILES string of the molecule is CC(C)Cc1cn(CCCCCC(C)(C)C)nn1. The van der Waals surface area contributed by atoms with Crippen LogP contribution in [0.1, 0.15) is 66.0 Å². The lowest BCUT2D eigenvalue weighted by Crippen LogP contribution is -2.05. The zero-order valence-corrected chi connectivity index (χ0v) is 12.7. The number of nitrogens with zero attached hydrogens (tertiary/aromatic N) is 3. The van der Waals surface area contributed by atoms with Gasteiger partial charge in [-0.25, -0.2) is 0 Å². The number of hydrogen-bond donors (Lipinski definition) is 0. The molecule has 1 aromatic rings. The summed E-state index contributed by atoms with van der Waals surface area (Å²) in [6.07, 6.45) is 8.25. The number of aromatic nitrogens is 3. The Morgan fingerprint density at radius 3 is 2.50 bits per heavy atom. The molecule has 0 saturated carbocycles. The first kappa shape index (κ1) is 15.2. The fourth-order valence-corrected chi connectivity index (χ4v) is 2.07. The van der Waals surface area contributed by atoms with Crippen LogP contribution in [0.25, 0.3) is 0 Å². The third-order valence-electron chi connectivity index (χ3n) is 3.02. The summed E-state index contributed by atoms with van der Waals surface area (Å²) in [6.45, 7) is 12.4. The molecule has 0 aliphatic carbocycles. The molecule has 0 fully saturated rings. The second kappa shape index (κ2) is 6.91.